The molecule has 0 saturated heterocycles. The highest BCUT2D eigenvalue weighted by molar-refractivity contribution is 6.06. The largest absolute Gasteiger partial charge is 0.370 e. The fourth-order valence-electron chi connectivity index (χ4n) is 4.80. The lowest BCUT2D eigenvalue weighted by molar-refractivity contribution is -0.117. The third-order valence-electron chi connectivity index (χ3n) is 7.55. The first kappa shape index (κ1) is 56.7. The number of guanidine groups is 4. The predicted molar refractivity (Wildman–Crippen MR) is 250 cm³/mol. The number of hydrogen-bond donors (Lipinski definition) is 10. The Morgan fingerprint density at radius 2 is 0.776 bits per heavy atom. The van der Waals surface area contributed by atoms with Crippen molar-refractivity contribution in [1.82, 2.24) is 0 Å². The zero-order valence-electron chi connectivity index (χ0n) is 32.9. The van der Waals surface area contributed by atoms with Crippen molar-refractivity contribution >= 4 is 119 Å². The maximum Gasteiger partial charge on any atom is 0.224 e. The fourth-order valence-corrected chi connectivity index (χ4v) is 4.80. The maximum absolute atomic E-state index is 12.8. The van der Waals surface area contributed by atoms with Crippen LogP contribution < -0.4 is 56.5 Å². The Bertz CT molecular complexity index is 1650. The summed E-state index contributed by atoms with van der Waals surface area (Å²) in [5, 5.41) is 29.2. The third kappa shape index (κ3) is 22.8. The van der Waals surface area contributed by atoms with Crippen molar-refractivity contribution in [1.29, 1.82) is 0 Å². The van der Waals surface area contributed by atoms with Gasteiger partial charge in [-0.3, -0.25) is 9.59 Å². The normalized spacial score (nSPS) is 11.2. The number of benzene rings is 2. The number of allylic oxidation sites excluding steroid dienone is 1. The maximum atomic E-state index is 12.8. The highest BCUT2D eigenvalue weighted by atomic mass is 35.5. The van der Waals surface area contributed by atoms with Crippen molar-refractivity contribution in [2.24, 2.45) is 81.5 Å². The van der Waals surface area contributed by atoms with Crippen LogP contribution in [-0.4, -0.2) is 52.8 Å². The molecule has 0 heterocycles. The molecule has 0 fully saturated rings. The fraction of sp³-hybridized carbons (Fsp3) is 0.343. The lowest BCUT2D eigenvalue weighted by atomic mass is 10.0. The zero-order chi connectivity index (χ0) is 40.2. The molecule has 0 spiro atoms. The highest BCUT2D eigenvalue weighted by Gasteiger charge is 2.11. The molecule has 2 aromatic carbocycles. The van der Waals surface area contributed by atoms with Crippen LogP contribution in [0, 0.1) is 0 Å². The summed E-state index contributed by atoms with van der Waals surface area (Å²) in [7, 11) is 0. The number of carbonyl (C=O) groups is 2. The van der Waals surface area contributed by atoms with Gasteiger partial charge in [0, 0.05) is 47.1 Å². The van der Waals surface area contributed by atoms with E-state index in [2.05, 4.69) is 46.2 Å². The molecule has 58 heavy (non-hydrogen) atoms. The van der Waals surface area contributed by atoms with Crippen LogP contribution >= 0.6 is 49.6 Å². The molecule has 0 saturated carbocycles. The van der Waals surface area contributed by atoms with E-state index < -0.39 is 0 Å². The van der Waals surface area contributed by atoms with Gasteiger partial charge < -0.3 is 56.5 Å². The van der Waals surface area contributed by atoms with Gasteiger partial charge >= 0.3 is 0 Å². The number of carbonyl (C=O) groups excluding carboxylic acids is 2. The summed E-state index contributed by atoms with van der Waals surface area (Å²) in [6.07, 6.45) is 7.22. The summed E-state index contributed by atoms with van der Waals surface area (Å²) in [5.41, 5.74) is 49.7. The summed E-state index contributed by atoms with van der Waals surface area (Å²) in [4.78, 5) is 29.6. The van der Waals surface area contributed by atoms with Crippen LogP contribution in [0.4, 0.5) is 11.4 Å². The van der Waals surface area contributed by atoms with E-state index in [1.807, 2.05) is 19.1 Å². The molecular weight excluding hydrogens is 832 g/mol. The second kappa shape index (κ2) is 29.6. The van der Waals surface area contributed by atoms with Crippen LogP contribution in [0.25, 0.3) is 5.57 Å². The minimum absolute atomic E-state index is 0. The molecule has 0 aromatic heterocycles. The van der Waals surface area contributed by atoms with E-state index >= 15 is 0 Å². The van der Waals surface area contributed by atoms with E-state index in [1.165, 1.54) is 6.20 Å². The summed E-state index contributed by atoms with van der Waals surface area (Å²) >= 11 is 0. The smallest absolute Gasteiger partial charge is 0.224 e. The van der Waals surface area contributed by atoms with Gasteiger partial charge in [-0.1, -0.05) is 25.7 Å². The molecule has 2 aromatic rings. The van der Waals surface area contributed by atoms with Crippen molar-refractivity contribution in [3.8, 4) is 0 Å². The summed E-state index contributed by atoms with van der Waals surface area (Å²) in [6, 6.07) is 10.8. The number of unbranched alkanes of at least 4 members (excludes halogenated alkanes) is 5. The van der Waals surface area contributed by atoms with Crippen LogP contribution in [-0.2, 0) is 9.59 Å². The molecule has 2 rings (SSSR count). The van der Waals surface area contributed by atoms with E-state index in [-0.39, 0.29) is 85.3 Å². The van der Waals surface area contributed by atoms with Crippen LogP contribution in [0.5, 0.6) is 0 Å². The summed E-state index contributed by atoms with van der Waals surface area (Å²) < 4.78 is 0. The average Bonchev–Trinajstić information content (AvgIpc) is 3.11. The molecule has 0 aliphatic rings. The van der Waals surface area contributed by atoms with E-state index in [0.29, 0.717) is 70.9 Å². The standard InChI is InChI=1S/C35H53N17O2.4ClH/c1-20(19-44-32(36)37)24-13-25(21(2)47-50-33(38)39)16-28(15-24)45-30(53)11-9-7-5-6-8-10-12-31(54)46-29-17-26(22(3)48-51-34(40)41)14-27(18-29)23(4)49-52-35(42)43;;;;/h13-19H,5-12H2,1-4H3,(H,45,53)(H,46,54)(H4,36,37,44)(H4,38,39,50)(H4,40,41,51)(H4,42,43,52);4*1H/b20-19+,47-21+,48-22+,49-23+;;;;. The second-order valence-electron chi connectivity index (χ2n) is 12.3. The van der Waals surface area contributed by atoms with Gasteiger partial charge in [0.25, 0.3) is 0 Å². The lowest BCUT2D eigenvalue weighted by Gasteiger charge is -2.11. The SMILES string of the molecule is C/C(=C\N=C(N)N)c1cc(NC(=O)CCCCCCCCC(=O)Nc2cc(/C(C)=N/N=C(N)N)cc(/C(C)=N/N=C(N)N)c2)cc(/C(C)=N/N=C(N)N)c1.Cl.Cl.Cl.Cl. The molecule has 0 unspecified atom stereocenters. The molecule has 2 amide bonds. The number of nitrogens with two attached hydrogens (primary N) is 8. The molecule has 0 atom stereocenters. The molecule has 23 heteroatoms. The van der Waals surface area contributed by atoms with Crippen molar-refractivity contribution in [2.45, 2.75) is 79.1 Å². The lowest BCUT2D eigenvalue weighted by Crippen LogP contribution is -2.22. The van der Waals surface area contributed by atoms with Gasteiger partial charge in [0.15, 0.2) is 5.96 Å². The number of nitrogens with one attached hydrogen (secondary N) is 2. The number of hydrogen-bond acceptors (Lipinski definition) is 9. The van der Waals surface area contributed by atoms with Gasteiger partial charge in [0.05, 0.1) is 17.1 Å². The van der Waals surface area contributed by atoms with E-state index in [9.17, 15) is 9.59 Å². The van der Waals surface area contributed by atoms with Crippen LogP contribution in [0.1, 0.15) is 101 Å². The first-order valence-corrected chi connectivity index (χ1v) is 17.1. The van der Waals surface area contributed by atoms with Crippen molar-refractivity contribution in [3.05, 3.63) is 64.9 Å². The molecular formula is C35H57Cl4N17O2. The van der Waals surface area contributed by atoms with Gasteiger partial charge in [-0.05, 0) is 88.1 Å². The summed E-state index contributed by atoms with van der Waals surface area (Å²) in [6.45, 7) is 7.05. The van der Waals surface area contributed by atoms with Crippen molar-refractivity contribution in [2.75, 3.05) is 10.6 Å². The van der Waals surface area contributed by atoms with E-state index in [0.717, 1.165) is 36.8 Å². The number of amides is 2. The minimum Gasteiger partial charge on any atom is -0.370 e. The highest BCUT2D eigenvalue weighted by Crippen LogP contribution is 2.23. The zero-order valence-corrected chi connectivity index (χ0v) is 36.2. The molecule has 18 N–H and O–H groups in total. The van der Waals surface area contributed by atoms with Crippen LogP contribution in [0.2, 0.25) is 0 Å². The molecule has 0 aliphatic carbocycles. The van der Waals surface area contributed by atoms with Crippen molar-refractivity contribution < 1.29 is 9.59 Å². The van der Waals surface area contributed by atoms with Crippen molar-refractivity contribution in [3.63, 3.8) is 0 Å². The average molecular weight is 890 g/mol. The van der Waals surface area contributed by atoms with Gasteiger partial charge in [-0.25, -0.2) is 4.99 Å². The molecule has 322 valence electrons. The van der Waals surface area contributed by atoms with E-state index in [4.69, 9.17) is 45.9 Å². The van der Waals surface area contributed by atoms with Crippen LogP contribution in [0.3, 0.4) is 0 Å². The Morgan fingerprint density at radius 3 is 1.10 bits per heavy atom. The quantitative estimate of drug-likeness (QED) is 0.0422. The van der Waals surface area contributed by atoms with Gasteiger partial charge in [-0.15, -0.1) is 64.9 Å². The molecule has 0 radical (unpaired) electrons. The Kier molecular flexibility index (Phi) is 28.9. The number of anilines is 2. The van der Waals surface area contributed by atoms with Gasteiger partial charge in [-0.2, -0.15) is 15.3 Å². The Morgan fingerprint density at radius 1 is 0.466 bits per heavy atom. The topological polar surface area (TPSA) is 353 Å². The molecule has 0 bridgehead atoms. The number of aliphatic imine (C=N–C) groups is 1. The van der Waals surface area contributed by atoms with Gasteiger partial charge in [0.2, 0.25) is 29.7 Å². The van der Waals surface area contributed by atoms with E-state index in [1.54, 1.807) is 45.0 Å². The number of nitrogens with zero attached hydrogens (tertiary/aromatic N) is 7. The Balaban J connectivity index is -0.00000756. The second-order valence-corrected chi connectivity index (χ2v) is 12.3. The monoisotopic (exact) mass is 887 g/mol. The van der Waals surface area contributed by atoms with Crippen LogP contribution in [0.15, 0.2) is 78.2 Å². The van der Waals surface area contributed by atoms with Gasteiger partial charge in [0.1, 0.15) is 0 Å². The molecule has 19 nitrogen and oxygen atoms in total. The summed E-state index contributed by atoms with van der Waals surface area (Å²) in [5.74, 6) is -0.877. The Labute approximate surface area is 363 Å². The first-order valence-electron chi connectivity index (χ1n) is 17.1. The molecule has 0 aliphatic heterocycles. The number of halogens is 4. The third-order valence-corrected chi connectivity index (χ3v) is 7.55. The number of rotatable bonds is 19. The predicted octanol–water partition coefficient (Wildman–Crippen LogP) is 3.70. The first-order chi connectivity index (χ1) is 25.5. The minimum atomic E-state index is -0.184. The Hall–Kier alpha value is -5.63.